The lowest BCUT2D eigenvalue weighted by Crippen LogP contribution is -2.27. The van der Waals surface area contributed by atoms with Gasteiger partial charge in [0, 0.05) is 18.2 Å². The zero-order chi connectivity index (χ0) is 14.4. The number of halogens is 1. The molecular weight excluding hydrogens is 253 g/mol. The predicted molar refractivity (Wildman–Crippen MR) is 79.4 cm³/mol. The van der Waals surface area contributed by atoms with Crippen molar-refractivity contribution in [1.29, 1.82) is 0 Å². The van der Waals surface area contributed by atoms with Gasteiger partial charge in [0.25, 0.3) is 0 Å². The normalized spacial score (nSPS) is 12.2. The van der Waals surface area contributed by atoms with Crippen molar-refractivity contribution in [3.05, 3.63) is 65.5 Å². The summed E-state index contributed by atoms with van der Waals surface area (Å²) in [4.78, 5) is 0. The fraction of sp³-hybridized carbons (Fsp3) is 0.294. The highest BCUT2D eigenvalue weighted by Gasteiger charge is 2.05. The van der Waals surface area contributed by atoms with Crippen molar-refractivity contribution in [3.8, 4) is 5.75 Å². The van der Waals surface area contributed by atoms with E-state index < -0.39 is 0 Å². The third-order valence-electron chi connectivity index (χ3n) is 3.30. The Morgan fingerprint density at radius 1 is 1.10 bits per heavy atom. The van der Waals surface area contributed by atoms with Gasteiger partial charge in [-0.2, -0.15) is 0 Å². The van der Waals surface area contributed by atoms with Crippen LogP contribution in [0.4, 0.5) is 4.39 Å². The molecule has 0 heterocycles. The third-order valence-corrected chi connectivity index (χ3v) is 3.30. The molecule has 0 bridgehead atoms. The maximum Gasteiger partial charge on any atom is 0.127 e. The molecule has 0 saturated heterocycles. The summed E-state index contributed by atoms with van der Waals surface area (Å²) in [6.45, 7) is 2.65. The molecular formula is C17H20FNO. The van der Waals surface area contributed by atoms with Gasteiger partial charge in [0.05, 0.1) is 7.11 Å². The van der Waals surface area contributed by atoms with E-state index in [9.17, 15) is 4.39 Å². The monoisotopic (exact) mass is 273 g/mol. The summed E-state index contributed by atoms with van der Waals surface area (Å²) < 4.78 is 18.6. The van der Waals surface area contributed by atoms with Crippen molar-refractivity contribution in [2.45, 2.75) is 25.9 Å². The molecule has 3 heteroatoms. The Bertz CT molecular complexity index is 539. The number of hydrogen-bond donors (Lipinski definition) is 1. The SMILES string of the molecule is COc1ccc(CC(C)NCc2ccccc2F)cc1. The van der Waals surface area contributed by atoms with E-state index in [2.05, 4.69) is 24.4 Å². The highest BCUT2D eigenvalue weighted by Crippen LogP contribution is 2.13. The molecule has 2 rings (SSSR count). The number of ether oxygens (including phenoxy) is 1. The van der Waals surface area contributed by atoms with Crippen LogP contribution in [0.3, 0.4) is 0 Å². The van der Waals surface area contributed by atoms with Crippen LogP contribution in [0.5, 0.6) is 5.75 Å². The molecule has 1 atom stereocenters. The number of rotatable bonds is 6. The highest BCUT2D eigenvalue weighted by molar-refractivity contribution is 5.27. The number of methoxy groups -OCH3 is 1. The zero-order valence-electron chi connectivity index (χ0n) is 11.9. The first-order chi connectivity index (χ1) is 9.69. The minimum atomic E-state index is -0.156. The topological polar surface area (TPSA) is 21.3 Å². The number of benzene rings is 2. The second-order valence-electron chi connectivity index (χ2n) is 4.93. The number of nitrogens with one attached hydrogen (secondary N) is 1. The Hall–Kier alpha value is -1.87. The van der Waals surface area contributed by atoms with Gasteiger partial charge in [0.2, 0.25) is 0 Å². The molecule has 0 aliphatic rings. The van der Waals surface area contributed by atoms with E-state index in [1.807, 2.05) is 24.3 Å². The fourth-order valence-electron chi connectivity index (χ4n) is 2.11. The molecule has 2 aromatic rings. The first kappa shape index (κ1) is 14.5. The van der Waals surface area contributed by atoms with Crippen LogP contribution in [0, 0.1) is 5.82 Å². The summed E-state index contributed by atoms with van der Waals surface area (Å²) in [6.07, 6.45) is 0.901. The number of hydrogen-bond acceptors (Lipinski definition) is 2. The Morgan fingerprint density at radius 2 is 1.80 bits per heavy atom. The fourth-order valence-corrected chi connectivity index (χ4v) is 2.11. The van der Waals surface area contributed by atoms with Crippen molar-refractivity contribution in [2.75, 3.05) is 7.11 Å². The molecule has 0 aromatic heterocycles. The lowest BCUT2D eigenvalue weighted by Gasteiger charge is -2.14. The summed E-state index contributed by atoms with van der Waals surface area (Å²) in [6, 6.07) is 15.2. The maximum atomic E-state index is 13.5. The molecule has 1 unspecified atom stereocenters. The smallest absolute Gasteiger partial charge is 0.127 e. The molecule has 2 aromatic carbocycles. The van der Waals surface area contributed by atoms with Crippen LogP contribution >= 0.6 is 0 Å². The van der Waals surface area contributed by atoms with Gasteiger partial charge in [0.1, 0.15) is 11.6 Å². The van der Waals surface area contributed by atoms with Crippen LogP contribution in [0.1, 0.15) is 18.1 Å². The molecule has 0 spiro atoms. The minimum Gasteiger partial charge on any atom is -0.497 e. The molecule has 106 valence electrons. The Balaban J connectivity index is 1.86. The van der Waals surface area contributed by atoms with Crippen molar-refractivity contribution in [1.82, 2.24) is 5.32 Å². The van der Waals surface area contributed by atoms with Crippen molar-refractivity contribution >= 4 is 0 Å². The summed E-state index contributed by atoms with van der Waals surface area (Å²) in [5, 5.41) is 3.35. The first-order valence-corrected chi connectivity index (χ1v) is 6.79. The van der Waals surface area contributed by atoms with Crippen LogP contribution in [-0.2, 0) is 13.0 Å². The van der Waals surface area contributed by atoms with E-state index >= 15 is 0 Å². The Kier molecular flexibility index (Phi) is 5.13. The van der Waals surface area contributed by atoms with Crippen molar-refractivity contribution in [3.63, 3.8) is 0 Å². The van der Waals surface area contributed by atoms with E-state index in [1.54, 1.807) is 13.2 Å². The first-order valence-electron chi connectivity index (χ1n) is 6.79. The predicted octanol–water partition coefficient (Wildman–Crippen LogP) is 3.56. The minimum absolute atomic E-state index is 0.156. The lowest BCUT2D eigenvalue weighted by atomic mass is 10.1. The average molecular weight is 273 g/mol. The highest BCUT2D eigenvalue weighted by atomic mass is 19.1. The van der Waals surface area contributed by atoms with Crippen LogP contribution in [-0.4, -0.2) is 13.2 Å². The largest absolute Gasteiger partial charge is 0.497 e. The lowest BCUT2D eigenvalue weighted by molar-refractivity contribution is 0.414. The van der Waals surface area contributed by atoms with Gasteiger partial charge in [-0.25, -0.2) is 4.39 Å². The van der Waals surface area contributed by atoms with Crippen LogP contribution < -0.4 is 10.1 Å². The molecule has 2 nitrogen and oxygen atoms in total. The molecule has 0 saturated carbocycles. The molecule has 1 N–H and O–H groups in total. The van der Waals surface area contributed by atoms with E-state index in [-0.39, 0.29) is 11.9 Å². The summed E-state index contributed by atoms with van der Waals surface area (Å²) >= 11 is 0. The summed E-state index contributed by atoms with van der Waals surface area (Å²) in [5.74, 6) is 0.706. The van der Waals surface area contributed by atoms with Crippen LogP contribution in [0.2, 0.25) is 0 Å². The van der Waals surface area contributed by atoms with Crippen molar-refractivity contribution in [2.24, 2.45) is 0 Å². The average Bonchev–Trinajstić information content (AvgIpc) is 2.47. The zero-order valence-corrected chi connectivity index (χ0v) is 11.9. The van der Waals surface area contributed by atoms with Gasteiger partial charge in [-0.1, -0.05) is 30.3 Å². The maximum absolute atomic E-state index is 13.5. The molecule has 0 aliphatic carbocycles. The second kappa shape index (κ2) is 7.06. The van der Waals surface area contributed by atoms with Crippen LogP contribution in [0.25, 0.3) is 0 Å². The summed E-state index contributed by atoms with van der Waals surface area (Å²) in [7, 11) is 1.66. The van der Waals surface area contributed by atoms with Gasteiger partial charge >= 0.3 is 0 Å². The molecule has 0 fully saturated rings. The van der Waals surface area contributed by atoms with E-state index in [0.29, 0.717) is 12.1 Å². The molecule has 0 radical (unpaired) electrons. The van der Waals surface area contributed by atoms with Gasteiger partial charge < -0.3 is 10.1 Å². The van der Waals surface area contributed by atoms with E-state index in [4.69, 9.17) is 4.74 Å². The molecule has 0 amide bonds. The van der Waals surface area contributed by atoms with Gasteiger partial charge in [-0.15, -0.1) is 0 Å². The van der Waals surface area contributed by atoms with Crippen molar-refractivity contribution < 1.29 is 9.13 Å². The molecule has 20 heavy (non-hydrogen) atoms. The standard InChI is InChI=1S/C17H20FNO/c1-13(11-14-7-9-16(20-2)10-8-14)19-12-15-5-3-4-6-17(15)18/h3-10,13,19H,11-12H2,1-2H3. The van der Waals surface area contributed by atoms with E-state index in [0.717, 1.165) is 12.2 Å². The second-order valence-corrected chi connectivity index (χ2v) is 4.93. The Morgan fingerprint density at radius 3 is 2.45 bits per heavy atom. The van der Waals surface area contributed by atoms with Crippen LogP contribution in [0.15, 0.2) is 48.5 Å². The third kappa shape index (κ3) is 4.07. The van der Waals surface area contributed by atoms with E-state index in [1.165, 1.54) is 11.6 Å². The summed E-state index contributed by atoms with van der Waals surface area (Å²) in [5.41, 5.74) is 1.94. The van der Waals surface area contributed by atoms with Gasteiger partial charge in [-0.05, 0) is 37.1 Å². The quantitative estimate of drug-likeness (QED) is 0.869. The van der Waals surface area contributed by atoms with Gasteiger partial charge in [0.15, 0.2) is 0 Å². The van der Waals surface area contributed by atoms with Gasteiger partial charge in [-0.3, -0.25) is 0 Å². The molecule has 0 aliphatic heterocycles. The Labute approximate surface area is 119 Å².